The molecule has 4 heteroatoms. The van der Waals surface area contributed by atoms with E-state index in [-0.39, 0.29) is 12.1 Å². The standard InChI is InChI=1S/C14H20N2O2/c1-16(10-13(17)12-7-8-12)14(18)15-9-11-5-3-2-4-6-11/h2-6,12-13,17H,7-10H2,1H3,(H,15,18). The summed E-state index contributed by atoms with van der Waals surface area (Å²) in [4.78, 5) is 13.3. The van der Waals surface area contributed by atoms with Gasteiger partial charge in [0.2, 0.25) is 0 Å². The number of aliphatic hydroxyl groups is 1. The van der Waals surface area contributed by atoms with Crippen molar-refractivity contribution in [2.45, 2.75) is 25.5 Å². The Morgan fingerprint density at radius 1 is 1.44 bits per heavy atom. The molecular weight excluding hydrogens is 228 g/mol. The highest BCUT2D eigenvalue weighted by Crippen LogP contribution is 2.32. The van der Waals surface area contributed by atoms with E-state index >= 15 is 0 Å². The quantitative estimate of drug-likeness (QED) is 0.831. The number of hydrogen-bond acceptors (Lipinski definition) is 2. The number of rotatable bonds is 5. The van der Waals surface area contributed by atoms with Crippen LogP contribution in [0, 0.1) is 5.92 Å². The van der Waals surface area contributed by atoms with Crippen molar-refractivity contribution in [1.29, 1.82) is 0 Å². The van der Waals surface area contributed by atoms with E-state index in [1.807, 2.05) is 30.3 Å². The van der Waals surface area contributed by atoms with E-state index in [1.54, 1.807) is 11.9 Å². The summed E-state index contributed by atoms with van der Waals surface area (Å²) in [6.07, 6.45) is 1.79. The van der Waals surface area contributed by atoms with Crippen LogP contribution in [0.3, 0.4) is 0 Å². The maximum absolute atomic E-state index is 11.8. The highest BCUT2D eigenvalue weighted by molar-refractivity contribution is 5.73. The highest BCUT2D eigenvalue weighted by Gasteiger charge is 2.31. The molecule has 1 aliphatic carbocycles. The van der Waals surface area contributed by atoms with Crippen molar-refractivity contribution in [3.05, 3.63) is 35.9 Å². The Morgan fingerprint density at radius 2 is 2.11 bits per heavy atom. The zero-order chi connectivity index (χ0) is 13.0. The van der Waals surface area contributed by atoms with Gasteiger partial charge in [0.1, 0.15) is 0 Å². The average Bonchev–Trinajstić information content (AvgIpc) is 3.21. The molecule has 4 nitrogen and oxygen atoms in total. The van der Waals surface area contributed by atoms with Crippen LogP contribution < -0.4 is 5.32 Å². The predicted molar refractivity (Wildman–Crippen MR) is 70.0 cm³/mol. The van der Waals surface area contributed by atoms with Gasteiger partial charge < -0.3 is 15.3 Å². The fourth-order valence-corrected chi connectivity index (χ4v) is 1.90. The van der Waals surface area contributed by atoms with Crippen molar-refractivity contribution in [3.63, 3.8) is 0 Å². The number of carbonyl (C=O) groups is 1. The number of urea groups is 1. The van der Waals surface area contributed by atoms with Crippen LogP contribution in [-0.2, 0) is 6.54 Å². The van der Waals surface area contributed by atoms with Gasteiger partial charge in [0.15, 0.2) is 0 Å². The van der Waals surface area contributed by atoms with Crippen molar-refractivity contribution in [2.24, 2.45) is 5.92 Å². The Balaban J connectivity index is 1.73. The fraction of sp³-hybridized carbons (Fsp3) is 0.500. The molecule has 2 rings (SSSR count). The van der Waals surface area contributed by atoms with E-state index in [0.29, 0.717) is 19.0 Å². The minimum absolute atomic E-state index is 0.140. The Kier molecular flexibility index (Phi) is 4.20. The molecular formula is C14H20N2O2. The van der Waals surface area contributed by atoms with Gasteiger partial charge in [-0.15, -0.1) is 0 Å². The predicted octanol–water partition coefficient (Wildman–Crippen LogP) is 1.60. The summed E-state index contributed by atoms with van der Waals surface area (Å²) in [6.45, 7) is 0.925. The van der Waals surface area contributed by atoms with Gasteiger partial charge in [0, 0.05) is 20.1 Å². The Labute approximate surface area is 108 Å². The summed E-state index contributed by atoms with van der Waals surface area (Å²) in [5.74, 6) is 0.398. The summed E-state index contributed by atoms with van der Waals surface area (Å²) in [5.41, 5.74) is 1.07. The zero-order valence-electron chi connectivity index (χ0n) is 10.7. The lowest BCUT2D eigenvalue weighted by Crippen LogP contribution is -2.41. The van der Waals surface area contributed by atoms with Crippen molar-refractivity contribution >= 4 is 6.03 Å². The molecule has 0 spiro atoms. The first kappa shape index (κ1) is 12.9. The molecule has 0 radical (unpaired) electrons. The molecule has 1 fully saturated rings. The molecule has 1 aliphatic rings. The SMILES string of the molecule is CN(CC(O)C1CC1)C(=O)NCc1ccccc1. The third-order valence-corrected chi connectivity index (χ3v) is 3.26. The third kappa shape index (κ3) is 3.74. The van der Waals surface area contributed by atoms with E-state index in [1.165, 1.54) is 0 Å². The van der Waals surface area contributed by atoms with Crippen molar-refractivity contribution in [2.75, 3.05) is 13.6 Å². The van der Waals surface area contributed by atoms with Gasteiger partial charge in [0.05, 0.1) is 6.10 Å². The zero-order valence-corrected chi connectivity index (χ0v) is 10.7. The molecule has 0 aliphatic heterocycles. The van der Waals surface area contributed by atoms with E-state index in [0.717, 1.165) is 18.4 Å². The molecule has 1 aromatic carbocycles. The first-order valence-electron chi connectivity index (χ1n) is 6.38. The van der Waals surface area contributed by atoms with Crippen LogP contribution in [0.15, 0.2) is 30.3 Å². The topological polar surface area (TPSA) is 52.6 Å². The van der Waals surface area contributed by atoms with Crippen LogP contribution in [0.4, 0.5) is 4.79 Å². The lowest BCUT2D eigenvalue weighted by Gasteiger charge is -2.21. The van der Waals surface area contributed by atoms with Crippen LogP contribution in [0.5, 0.6) is 0 Å². The lowest BCUT2D eigenvalue weighted by atomic mass is 10.2. The number of aliphatic hydroxyl groups excluding tert-OH is 1. The molecule has 18 heavy (non-hydrogen) atoms. The number of nitrogens with one attached hydrogen (secondary N) is 1. The molecule has 2 N–H and O–H groups in total. The van der Waals surface area contributed by atoms with Crippen molar-refractivity contribution in [1.82, 2.24) is 10.2 Å². The Morgan fingerprint density at radius 3 is 2.72 bits per heavy atom. The summed E-state index contributed by atoms with van der Waals surface area (Å²) in [6, 6.07) is 9.64. The molecule has 1 unspecified atom stereocenters. The molecule has 1 saturated carbocycles. The monoisotopic (exact) mass is 248 g/mol. The van der Waals surface area contributed by atoms with Gasteiger partial charge in [-0.2, -0.15) is 0 Å². The van der Waals surface area contributed by atoms with Crippen LogP contribution in [0.2, 0.25) is 0 Å². The molecule has 98 valence electrons. The maximum Gasteiger partial charge on any atom is 0.317 e. The second-order valence-electron chi connectivity index (χ2n) is 4.93. The Hall–Kier alpha value is -1.55. The summed E-state index contributed by atoms with van der Waals surface area (Å²) in [5, 5.41) is 12.6. The van der Waals surface area contributed by atoms with Gasteiger partial charge in [-0.3, -0.25) is 0 Å². The molecule has 0 aromatic heterocycles. The van der Waals surface area contributed by atoms with Crippen LogP contribution >= 0.6 is 0 Å². The second-order valence-corrected chi connectivity index (χ2v) is 4.93. The van der Waals surface area contributed by atoms with Crippen molar-refractivity contribution < 1.29 is 9.90 Å². The molecule has 0 bridgehead atoms. The molecule has 0 heterocycles. The third-order valence-electron chi connectivity index (χ3n) is 3.26. The van der Waals surface area contributed by atoms with E-state index < -0.39 is 0 Å². The number of amides is 2. The number of hydrogen-bond donors (Lipinski definition) is 2. The number of nitrogens with zero attached hydrogens (tertiary/aromatic N) is 1. The molecule has 1 aromatic rings. The fourth-order valence-electron chi connectivity index (χ4n) is 1.90. The maximum atomic E-state index is 11.8. The van der Waals surface area contributed by atoms with Gasteiger partial charge in [-0.25, -0.2) is 4.79 Å². The number of benzene rings is 1. The largest absolute Gasteiger partial charge is 0.391 e. The molecule has 0 saturated heterocycles. The first-order valence-corrected chi connectivity index (χ1v) is 6.38. The average molecular weight is 248 g/mol. The minimum Gasteiger partial charge on any atom is -0.391 e. The van der Waals surface area contributed by atoms with E-state index in [2.05, 4.69) is 5.32 Å². The first-order chi connectivity index (χ1) is 8.66. The molecule has 1 atom stereocenters. The van der Waals surface area contributed by atoms with Crippen LogP contribution in [0.1, 0.15) is 18.4 Å². The highest BCUT2D eigenvalue weighted by atomic mass is 16.3. The number of carbonyl (C=O) groups excluding carboxylic acids is 1. The van der Waals surface area contributed by atoms with Crippen molar-refractivity contribution in [3.8, 4) is 0 Å². The van der Waals surface area contributed by atoms with Gasteiger partial charge in [0.25, 0.3) is 0 Å². The minimum atomic E-state index is -0.377. The van der Waals surface area contributed by atoms with E-state index in [9.17, 15) is 9.90 Å². The normalized spacial score (nSPS) is 16.1. The summed E-state index contributed by atoms with van der Waals surface area (Å²) >= 11 is 0. The summed E-state index contributed by atoms with van der Waals surface area (Å²) < 4.78 is 0. The van der Waals surface area contributed by atoms with Crippen LogP contribution in [0.25, 0.3) is 0 Å². The summed E-state index contributed by atoms with van der Waals surface area (Å²) in [7, 11) is 1.71. The lowest BCUT2D eigenvalue weighted by molar-refractivity contribution is 0.113. The van der Waals surface area contributed by atoms with Gasteiger partial charge in [-0.1, -0.05) is 30.3 Å². The van der Waals surface area contributed by atoms with Crippen LogP contribution in [-0.4, -0.2) is 35.7 Å². The van der Waals surface area contributed by atoms with Gasteiger partial charge >= 0.3 is 6.03 Å². The smallest absolute Gasteiger partial charge is 0.317 e. The Bertz CT molecular complexity index is 390. The van der Waals surface area contributed by atoms with E-state index in [4.69, 9.17) is 0 Å². The van der Waals surface area contributed by atoms with Gasteiger partial charge in [-0.05, 0) is 24.3 Å². The molecule has 2 amide bonds. The number of likely N-dealkylation sites (N-methyl/N-ethyl adjacent to an activating group) is 1. The second kappa shape index (κ2) is 5.87.